The van der Waals surface area contributed by atoms with Crippen molar-refractivity contribution in [2.24, 2.45) is 7.05 Å². The van der Waals surface area contributed by atoms with E-state index in [-0.39, 0.29) is 0 Å². The van der Waals surface area contributed by atoms with Crippen LogP contribution in [0.3, 0.4) is 0 Å². The van der Waals surface area contributed by atoms with Gasteiger partial charge in [-0.2, -0.15) is 4.57 Å². The van der Waals surface area contributed by atoms with Crippen molar-refractivity contribution in [3.8, 4) is 22.4 Å². The minimum Gasteiger partial charge on any atom is -0.335 e. The van der Waals surface area contributed by atoms with Crippen molar-refractivity contribution in [3.05, 3.63) is 120 Å². The summed E-state index contributed by atoms with van der Waals surface area (Å²) in [7, 11) is -2.80. The summed E-state index contributed by atoms with van der Waals surface area (Å²) in [6.07, 6.45) is 6.62. The highest BCUT2D eigenvalue weighted by Crippen LogP contribution is 2.45. The second-order valence-corrected chi connectivity index (χ2v) is 10.2. The van der Waals surface area contributed by atoms with Crippen LogP contribution in [0.5, 0.6) is 0 Å². The summed E-state index contributed by atoms with van der Waals surface area (Å²) >= 11 is 1.84. The summed E-state index contributed by atoms with van der Waals surface area (Å²) in [5, 5.41) is 1.26. The van der Waals surface area contributed by atoms with Gasteiger partial charge in [-0.3, -0.25) is 0 Å². The van der Waals surface area contributed by atoms with Crippen LogP contribution >= 0.6 is 11.8 Å². The van der Waals surface area contributed by atoms with Crippen LogP contribution < -0.4 is 28.1 Å². The highest BCUT2D eigenvalue weighted by molar-refractivity contribution is 8.03. The lowest BCUT2D eigenvalue weighted by Crippen LogP contribution is -2.68. The molecule has 8 heteroatoms. The molecule has 0 radical (unpaired) electrons. The molecule has 2 heterocycles. The Hall–Kier alpha value is -3.43. The van der Waals surface area contributed by atoms with Crippen molar-refractivity contribution in [1.29, 1.82) is 0 Å². The Morgan fingerprint density at radius 1 is 0.789 bits per heavy atom. The lowest BCUT2D eigenvalue weighted by Gasteiger charge is -2.17. The average molecular weight is 547 g/mol. The number of para-hydroxylation sites is 1. The molecule has 4 aromatic rings. The van der Waals surface area contributed by atoms with Crippen LogP contribution in [-0.2, 0) is 7.05 Å². The van der Waals surface area contributed by atoms with E-state index in [1.54, 1.807) is 0 Å². The third-order valence-electron chi connectivity index (χ3n) is 5.98. The zero-order valence-electron chi connectivity index (χ0n) is 21.0. The third-order valence-corrected chi connectivity index (χ3v) is 7.11. The molecule has 194 valence electrons. The largest absolute Gasteiger partial charge is 0.335 e. The van der Waals surface area contributed by atoms with Gasteiger partial charge in [0.2, 0.25) is 11.4 Å². The molecule has 0 aliphatic carbocycles. The van der Waals surface area contributed by atoms with Gasteiger partial charge in [0.15, 0.2) is 0 Å². The number of pyridine rings is 1. The van der Waals surface area contributed by atoms with Crippen LogP contribution in [0.15, 0.2) is 119 Å². The SMILES string of the molecule is CCN1/C(=C\C=C\c2cc(-c3ccccc3)cc(-c3ccccc3)[n+]2C)Sc2ccccc21.[O-][Cl+3]([O-])([O-])[O-]. The molecule has 0 bridgehead atoms. The van der Waals surface area contributed by atoms with Crippen LogP contribution in [0.1, 0.15) is 12.6 Å². The number of thioether (sulfide) groups is 1. The second-order valence-electron chi connectivity index (χ2n) is 8.40. The zero-order valence-corrected chi connectivity index (χ0v) is 22.6. The van der Waals surface area contributed by atoms with Gasteiger partial charge in [-0.25, -0.2) is 18.6 Å². The third kappa shape index (κ3) is 7.11. The van der Waals surface area contributed by atoms with Gasteiger partial charge in [-0.05, 0) is 48.4 Å². The first-order valence-corrected chi connectivity index (χ1v) is 14.0. The number of hydrogen-bond acceptors (Lipinski definition) is 6. The van der Waals surface area contributed by atoms with Crippen LogP contribution in [0, 0.1) is 10.2 Å². The molecule has 38 heavy (non-hydrogen) atoms. The molecule has 5 rings (SSSR count). The highest BCUT2D eigenvalue weighted by atomic mass is 35.7. The maximum absolute atomic E-state index is 8.49. The molecule has 0 N–H and O–H groups in total. The van der Waals surface area contributed by atoms with Gasteiger partial charge >= 0.3 is 0 Å². The quantitative estimate of drug-likeness (QED) is 0.357. The van der Waals surface area contributed by atoms with Crippen LogP contribution in [0.2, 0.25) is 0 Å². The normalized spacial score (nSPS) is 13.9. The Morgan fingerprint density at radius 2 is 1.37 bits per heavy atom. The van der Waals surface area contributed by atoms with Crippen LogP contribution in [-0.4, -0.2) is 6.54 Å². The van der Waals surface area contributed by atoms with Gasteiger partial charge in [0.1, 0.15) is 7.05 Å². The molecule has 1 aromatic heterocycles. The number of allylic oxidation sites excluding steroid dienone is 2. The lowest BCUT2D eigenvalue weighted by atomic mass is 10.0. The smallest absolute Gasteiger partial charge is 0.213 e. The van der Waals surface area contributed by atoms with Gasteiger partial charge in [-0.1, -0.05) is 78.5 Å². The molecular weight excluding hydrogens is 520 g/mol. The Bertz CT molecular complexity index is 1430. The van der Waals surface area contributed by atoms with E-state index in [9.17, 15) is 0 Å². The second kappa shape index (κ2) is 12.4. The molecule has 0 fully saturated rings. The average Bonchev–Trinajstić information content (AvgIpc) is 3.27. The Morgan fingerprint density at radius 3 is 2.00 bits per heavy atom. The molecule has 0 saturated heterocycles. The van der Waals surface area contributed by atoms with Crippen molar-refractivity contribution in [3.63, 3.8) is 0 Å². The predicted molar refractivity (Wildman–Crippen MR) is 141 cm³/mol. The van der Waals surface area contributed by atoms with E-state index < -0.39 is 10.2 Å². The van der Waals surface area contributed by atoms with Crippen molar-refractivity contribution < 1.29 is 33.4 Å². The molecule has 1 aliphatic rings. The summed E-state index contributed by atoms with van der Waals surface area (Å²) in [4.78, 5) is 3.70. The first-order valence-electron chi connectivity index (χ1n) is 11.9. The molecule has 0 spiro atoms. The maximum atomic E-state index is 8.49. The minimum atomic E-state index is -4.94. The topological polar surface area (TPSA) is 99.4 Å². The summed E-state index contributed by atoms with van der Waals surface area (Å²) in [6, 6.07) is 34.4. The van der Waals surface area contributed by atoms with E-state index in [4.69, 9.17) is 18.6 Å². The predicted octanol–water partition coefficient (Wildman–Crippen LogP) is 2.58. The van der Waals surface area contributed by atoms with Gasteiger partial charge in [0.25, 0.3) is 0 Å². The number of aromatic nitrogens is 1. The Labute approximate surface area is 229 Å². The summed E-state index contributed by atoms with van der Waals surface area (Å²) in [6.45, 7) is 3.16. The molecule has 0 amide bonds. The lowest BCUT2D eigenvalue weighted by molar-refractivity contribution is -2.00. The van der Waals surface area contributed by atoms with Gasteiger partial charge < -0.3 is 4.90 Å². The first kappa shape index (κ1) is 27.6. The Balaban J connectivity index is 0.000000617. The van der Waals surface area contributed by atoms with Gasteiger partial charge in [0.05, 0.1) is 10.7 Å². The monoisotopic (exact) mass is 546 g/mol. The fourth-order valence-corrected chi connectivity index (χ4v) is 5.40. The van der Waals surface area contributed by atoms with Crippen molar-refractivity contribution in [2.75, 3.05) is 11.4 Å². The number of halogens is 1. The van der Waals surface area contributed by atoms with E-state index in [0.29, 0.717) is 0 Å². The van der Waals surface area contributed by atoms with E-state index >= 15 is 0 Å². The van der Waals surface area contributed by atoms with Crippen LogP contribution in [0.4, 0.5) is 5.69 Å². The molecule has 3 aromatic carbocycles. The fourth-order valence-electron chi connectivity index (χ4n) is 4.26. The van der Waals surface area contributed by atoms with E-state index in [1.165, 1.54) is 38.0 Å². The van der Waals surface area contributed by atoms with E-state index in [2.05, 4.69) is 139 Å². The van der Waals surface area contributed by atoms with Crippen molar-refractivity contribution in [1.82, 2.24) is 0 Å². The summed E-state index contributed by atoms with van der Waals surface area (Å²) in [5.74, 6) is 0. The molecule has 0 saturated carbocycles. The number of benzene rings is 3. The Kier molecular flexibility index (Phi) is 9.01. The highest BCUT2D eigenvalue weighted by Gasteiger charge is 2.22. The minimum absolute atomic E-state index is 0.957. The molecule has 1 aliphatic heterocycles. The van der Waals surface area contributed by atoms with Crippen LogP contribution in [0.25, 0.3) is 28.5 Å². The number of anilines is 1. The standard InChI is InChI=1S/C30H27N2S.ClHO4/c1-3-32-27-18-10-11-19-29(27)33-30(32)20-12-17-26-21-25(23-13-6-4-7-14-23)22-28(31(26)2)24-15-8-5-9-16-24;2-1(3,4)5/h4-22H,3H2,1-2H3;(H,2,3,4,5)/q+1;/p-1. The van der Waals surface area contributed by atoms with E-state index in [1.807, 2.05) is 11.8 Å². The first-order chi connectivity index (χ1) is 18.2. The summed E-state index contributed by atoms with van der Waals surface area (Å²) in [5.41, 5.74) is 7.31. The number of nitrogens with zero attached hydrogens (tertiary/aromatic N) is 2. The fraction of sp³-hybridized carbons (Fsp3) is 0.100. The number of fused-ring (bicyclic) bond motifs is 1. The molecule has 0 atom stereocenters. The van der Waals surface area contributed by atoms with Gasteiger partial charge in [0, 0.05) is 35.2 Å². The van der Waals surface area contributed by atoms with E-state index in [0.717, 1.165) is 12.2 Å². The number of hydrogen-bond donors (Lipinski definition) is 0. The van der Waals surface area contributed by atoms with Crippen molar-refractivity contribution in [2.45, 2.75) is 11.8 Å². The molecular formula is C30H27ClN2O4S. The molecule has 6 nitrogen and oxygen atoms in total. The van der Waals surface area contributed by atoms with Crippen molar-refractivity contribution >= 4 is 23.5 Å². The van der Waals surface area contributed by atoms with Gasteiger partial charge in [-0.15, -0.1) is 10.2 Å². The summed E-state index contributed by atoms with van der Waals surface area (Å²) < 4.78 is 36.2. The zero-order chi connectivity index (χ0) is 27.1. The molecule has 0 unspecified atom stereocenters. The maximum Gasteiger partial charge on any atom is 0.213 e. The number of rotatable bonds is 5.